The van der Waals surface area contributed by atoms with Crippen LogP contribution in [0.3, 0.4) is 0 Å². The van der Waals surface area contributed by atoms with Crippen LogP contribution in [-0.4, -0.2) is 29.3 Å². The van der Waals surface area contributed by atoms with Gasteiger partial charge in [0.15, 0.2) is 5.58 Å². The van der Waals surface area contributed by atoms with Crippen LogP contribution in [0.25, 0.3) is 22.1 Å². The van der Waals surface area contributed by atoms with Gasteiger partial charge >= 0.3 is 0 Å². The molecule has 3 aromatic carbocycles. The SMILES string of the molecule is OC1CN(c2cc(F)c(-c3ccc(OCc4ccccc4)nc3OCc3ccccc3)c3ccoc23)C1. The van der Waals surface area contributed by atoms with Gasteiger partial charge in [-0.1, -0.05) is 60.7 Å². The van der Waals surface area contributed by atoms with Crippen molar-refractivity contribution in [1.82, 2.24) is 4.98 Å². The van der Waals surface area contributed by atoms with E-state index in [0.717, 1.165) is 11.1 Å². The highest BCUT2D eigenvalue weighted by Gasteiger charge is 2.29. The van der Waals surface area contributed by atoms with Crippen LogP contribution >= 0.6 is 0 Å². The lowest BCUT2D eigenvalue weighted by molar-refractivity contribution is 0.142. The largest absolute Gasteiger partial charge is 0.473 e. The number of pyridine rings is 1. The van der Waals surface area contributed by atoms with E-state index in [2.05, 4.69) is 4.98 Å². The van der Waals surface area contributed by atoms with Gasteiger partial charge in [-0.15, -0.1) is 0 Å². The maximum atomic E-state index is 15.7. The molecule has 2 aromatic heterocycles. The van der Waals surface area contributed by atoms with Crippen LogP contribution in [0.15, 0.2) is 95.6 Å². The Morgan fingerprint density at radius 3 is 2.24 bits per heavy atom. The summed E-state index contributed by atoms with van der Waals surface area (Å²) < 4.78 is 33.6. The van der Waals surface area contributed by atoms with Gasteiger partial charge in [0, 0.05) is 41.7 Å². The molecular weight excluding hydrogens is 471 g/mol. The van der Waals surface area contributed by atoms with Gasteiger partial charge in [-0.25, -0.2) is 4.39 Å². The summed E-state index contributed by atoms with van der Waals surface area (Å²) in [6, 6.07) is 26.2. The molecule has 5 aromatic rings. The zero-order chi connectivity index (χ0) is 25.2. The molecule has 186 valence electrons. The van der Waals surface area contributed by atoms with Gasteiger partial charge in [-0.05, 0) is 23.3 Å². The van der Waals surface area contributed by atoms with Crippen LogP contribution < -0.4 is 14.4 Å². The first-order valence-electron chi connectivity index (χ1n) is 12.1. The van der Waals surface area contributed by atoms with E-state index in [9.17, 15) is 5.11 Å². The molecule has 0 saturated carbocycles. The van der Waals surface area contributed by atoms with E-state index in [1.54, 1.807) is 24.5 Å². The fourth-order valence-electron chi connectivity index (χ4n) is 4.51. The number of nitrogens with zero attached hydrogens (tertiary/aromatic N) is 2. The second-order valence-corrected chi connectivity index (χ2v) is 9.03. The predicted octanol–water partition coefficient (Wildman–Crippen LogP) is 5.97. The maximum absolute atomic E-state index is 15.7. The Morgan fingerprint density at radius 2 is 1.57 bits per heavy atom. The Bertz CT molecular complexity index is 1520. The third-order valence-corrected chi connectivity index (χ3v) is 6.42. The minimum atomic E-state index is -0.422. The maximum Gasteiger partial charge on any atom is 0.225 e. The van der Waals surface area contributed by atoms with Crippen LogP contribution in [0.5, 0.6) is 11.8 Å². The number of anilines is 1. The van der Waals surface area contributed by atoms with Crippen LogP contribution in [0, 0.1) is 5.82 Å². The molecular formula is C30H25FN2O4. The number of benzene rings is 3. The first-order chi connectivity index (χ1) is 18.2. The third-order valence-electron chi connectivity index (χ3n) is 6.42. The Kier molecular flexibility index (Phi) is 6.20. The molecule has 37 heavy (non-hydrogen) atoms. The zero-order valence-electron chi connectivity index (χ0n) is 20.0. The molecule has 1 aliphatic rings. The van der Waals surface area contributed by atoms with Crippen molar-refractivity contribution < 1.29 is 23.4 Å². The van der Waals surface area contributed by atoms with Crippen molar-refractivity contribution in [3.63, 3.8) is 0 Å². The quantitative estimate of drug-likeness (QED) is 0.285. The lowest BCUT2D eigenvalue weighted by atomic mass is 9.99. The molecule has 0 radical (unpaired) electrons. The van der Waals surface area contributed by atoms with E-state index >= 15 is 4.39 Å². The van der Waals surface area contributed by atoms with Crippen LogP contribution in [-0.2, 0) is 13.2 Å². The van der Waals surface area contributed by atoms with E-state index in [1.165, 1.54) is 6.07 Å². The van der Waals surface area contributed by atoms with E-state index in [-0.39, 0.29) is 12.5 Å². The monoisotopic (exact) mass is 496 g/mol. The Labute approximate surface area is 213 Å². The highest BCUT2D eigenvalue weighted by Crippen LogP contribution is 2.42. The molecule has 1 N–H and O–H groups in total. The molecule has 6 rings (SSSR count). The molecule has 0 spiro atoms. The summed E-state index contributed by atoms with van der Waals surface area (Å²) in [4.78, 5) is 6.52. The van der Waals surface area contributed by atoms with Gasteiger partial charge in [0.2, 0.25) is 11.8 Å². The molecule has 6 nitrogen and oxygen atoms in total. The van der Waals surface area contributed by atoms with Crippen molar-refractivity contribution >= 4 is 16.7 Å². The molecule has 0 amide bonds. The normalized spacial score (nSPS) is 13.5. The number of fused-ring (bicyclic) bond motifs is 1. The van der Waals surface area contributed by atoms with E-state index in [0.29, 0.717) is 53.4 Å². The number of β-amino-alcohol motifs (C(OH)–C–C–N with tert-alkyl or cyclic N) is 1. The molecule has 1 aliphatic heterocycles. The Hall–Kier alpha value is -4.36. The number of hydrogen-bond donors (Lipinski definition) is 1. The standard InChI is InChI=1S/C30H25FN2O4/c31-25-15-26(33-16-22(34)17-33)29-23(13-14-35-29)28(25)24-11-12-27(36-18-20-7-3-1-4-8-20)32-30(24)37-19-21-9-5-2-6-10-21/h1-15,22,34H,16-19H2. The van der Waals surface area contributed by atoms with Gasteiger partial charge < -0.3 is 23.9 Å². The number of rotatable bonds is 8. The van der Waals surface area contributed by atoms with Gasteiger partial charge in [-0.3, -0.25) is 0 Å². The summed E-state index contributed by atoms with van der Waals surface area (Å²) in [5.41, 5.74) is 4.00. The molecule has 0 aliphatic carbocycles. The van der Waals surface area contributed by atoms with Gasteiger partial charge in [-0.2, -0.15) is 4.98 Å². The average molecular weight is 497 g/mol. The number of aromatic nitrogens is 1. The molecule has 0 bridgehead atoms. The van der Waals surface area contributed by atoms with Crippen molar-refractivity contribution in [1.29, 1.82) is 0 Å². The van der Waals surface area contributed by atoms with Gasteiger partial charge in [0.1, 0.15) is 19.0 Å². The first-order valence-corrected chi connectivity index (χ1v) is 12.1. The topological polar surface area (TPSA) is 68.0 Å². The Morgan fingerprint density at radius 1 is 0.892 bits per heavy atom. The van der Waals surface area contributed by atoms with E-state index < -0.39 is 11.9 Å². The molecule has 3 heterocycles. The van der Waals surface area contributed by atoms with Crippen molar-refractivity contribution in [2.24, 2.45) is 0 Å². The number of furan rings is 1. The molecule has 7 heteroatoms. The average Bonchev–Trinajstić information content (AvgIpc) is 3.40. The van der Waals surface area contributed by atoms with E-state index in [1.807, 2.05) is 65.6 Å². The fraction of sp³-hybridized carbons (Fsp3) is 0.167. The lowest BCUT2D eigenvalue weighted by Crippen LogP contribution is -2.50. The number of aliphatic hydroxyl groups excluding tert-OH is 1. The molecule has 0 unspecified atom stereocenters. The zero-order valence-corrected chi connectivity index (χ0v) is 20.0. The van der Waals surface area contributed by atoms with Crippen molar-refractivity contribution in [2.75, 3.05) is 18.0 Å². The summed E-state index contributed by atoms with van der Waals surface area (Å²) in [5.74, 6) is 0.225. The second kappa shape index (κ2) is 9.95. The van der Waals surface area contributed by atoms with Crippen molar-refractivity contribution in [3.8, 4) is 22.9 Å². The number of hydrogen-bond acceptors (Lipinski definition) is 6. The molecule has 1 saturated heterocycles. The molecule has 0 atom stereocenters. The summed E-state index contributed by atoms with van der Waals surface area (Å²) >= 11 is 0. The Balaban J connectivity index is 1.38. The molecule has 1 fully saturated rings. The number of halogens is 1. The smallest absolute Gasteiger partial charge is 0.225 e. The summed E-state index contributed by atoms with van der Waals surface area (Å²) in [5, 5.41) is 10.3. The summed E-state index contributed by atoms with van der Waals surface area (Å²) in [7, 11) is 0. The van der Waals surface area contributed by atoms with Crippen LogP contribution in [0.2, 0.25) is 0 Å². The third kappa shape index (κ3) is 4.73. The first kappa shape index (κ1) is 23.1. The minimum absolute atomic E-state index is 0.267. The number of aliphatic hydroxyl groups is 1. The summed E-state index contributed by atoms with van der Waals surface area (Å²) in [6.07, 6.45) is 1.13. The van der Waals surface area contributed by atoms with Crippen molar-refractivity contribution in [3.05, 3.63) is 108 Å². The highest BCUT2D eigenvalue weighted by molar-refractivity contribution is 6.02. The van der Waals surface area contributed by atoms with Gasteiger partial charge in [0.25, 0.3) is 0 Å². The summed E-state index contributed by atoms with van der Waals surface area (Å²) in [6.45, 7) is 1.50. The fourth-order valence-corrected chi connectivity index (χ4v) is 4.51. The van der Waals surface area contributed by atoms with E-state index in [4.69, 9.17) is 13.9 Å². The van der Waals surface area contributed by atoms with Gasteiger partial charge in [0.05, 0.1) is 18.1 Å². The lowest BCUT2D eigenvalue weighted by Gasteiger charge is -2.37. The van der Waals surface area contributed by atoms with Crippen LogP contribution in [0.1, 0.15) is 11.1 Å². The van der Waals surface area contributed by atoms with Crippen LogP contribution in [0.4, 0.5) is 10.1 Å². The second-order valence-electron chi connectivity index (χ2n) is 9.03. The highest BCUT2D eigenvalue weighted by atomic mass is 19.1. The van der Waals surface area contributed by atoms with Crippen molar-refractivity contribution in [2.45, 2.75) is 19.3 Å². The number of ether oxygens (including phenoxy) is 2. The minimum Gasteiger partial charge on any atom is -0.473 e. The predicted molar refractivity (Wildman–Crippen MR) is 139 cm³/mol.